The van der Waals surface area contributed by atoms with Crippen LogP contribution in [0.3, 0.4) is 0 Å². The van der Waals surface area contributed by atoms with Gasteiger partial charge in [0.2, 0.25) is 0 Å². The van der Waals surface area contributed by atoms with Gasteiger partial charge in [0.15, 0.2) is 0 Å². The van der Waals surface area contributed by atoms with Gasteiger partial charge in [0, 0.05) is 0 Å². The third kappa shape index (κ3) is 2.02. The van der Waals surface area contributed by atoms with E-state index in [9.17, 15) is 5.11 Å². The van der Waals surface area contributed by atoms with Crippen LogP contribution in [0.25, 0.3) is 0 Å². The fourth-order valence-corrected chi connectivity index (χ4v) is 0.420. The zero-order valence-electron chi connectivity index (χ0n) is 4.79. The van der Waals surface area contributed by atoms with E-state index in [2.05, 4.69) is 0 Å². The summed E-state index contributed by atoms with van der Waals surface area (Å²) in [5, 5.41) is 10.3. The number of hydrogen-bond donors (Lipinski definition) is 0. The van der Waals surface area contributed by atoms with E-state index in [-0.39, 0.29) is 23.3 Å². The monoisotopic (exact) mass is 170 g/mol. The van der Waals surface area contributed by atoms with E-state index < -0.39 is 0 Å². The van der Waals surface area contributed by atoms with Gasteiger partial charge in [-0.25, -0.2) is 0 Å². The zero-order valence-corrected chi connectivity index (χ0v) is 8.99. The number of hydrogen-bond acceptors (Lipinski definition) is 1. The number of benzene rings is 1. The molecule has 1 rings (SSSR count). The minimum Gasteiger partial charge on any atom is -0.872 e. The summed E-state index contributed by atoms with van der Waals surface area (Å²) in [6.07, 6.45) is 0. The largest absolute Gasteiger partial charge is 0.872 e. The summed E-state index contributed by atoms with van der Waals surface area (Å²) in [5.41, 5.74) is 0. The van der Waals surface area contributed by atoms with Crippen LogP contribution >= 0.6 is 0 Å². The Morgan fingerprint density at radius 1 is 1.00 bits per heavy atom. The van der Waals surface area contributed by atoms with Crippen LogP contribution in [0.4, 0.5) is 0 Å². The summed E-state index contributed by atoms with van der Waals surface area (Å²) in [6, 6.07) is 8.33. The first-order valence-electron chi connectivity index (χ1n) is 2.11. The predicted octanol–water partition coefficient (Wildman–Crippen LogP) is -0.424. The molecule has 0 saturated carbocycles. The molecule has 0 heterocycles. The summed E-state index contributed by atoms with van der Waals surface area (Å²) in [5.74, 6) is 0.0718. The van der Waals surface area contributed by atoms with Crippen molar-refractivity contribution in [3.8, 4) is 5.75 Å². The maximum Gasteiger partial charge on any atom is -0.0623 e. The van der Waals surface area contributed by atoms with Crippen LogP contribution in [0.2, 0.25) is 0 Å². The fraction of sp³-hybridized carbons (Fsp3) is 0. The maximum atomic E-state index is 10.3. The van der Waals surface area contributed by atoms with Gasteiger partial charge in [0.1, 0.15) is 0 Å². The predicted molar refractivity (Wildman–Crippen MR) is 35.8 cm³/mol. The van der Waals surface area contributed by atoms with Crippen molar-refractivity contribution in [1.29, 1.82) is 0 Å². The molecule has 0 spiro atoms. The van der Waals surface area contributed by atoms with Crippen molar-refractivity contribution in [1.82, 2.24) is 0 Å². The molecule has 1 aromatic carbocycles. The van der Waals surface area contributed by atoms with Gasteiger partial charge in [-0.05, 0) is 0 Å². The van der Waals surface area contributed by atoms with Gasteiger partial charge in [-0.2, -0.15) is 0 Å². The Bertz CT molecular complexity index is 138. The molecule has 2 heteroatoms. The quantitative estimate of drug-likeness (QED) is 0.483. The Hall–Kier alpha value is -0.437. The average molecular weight is 169 g/mol. The maximum absolute atomic E-state index is 10.3. The second-order valence-corrected chi connectivity index (χ2v) is 1.31. The molecule has 0 atom stereocenters. The molecule has 0 aliphatic carbocycles. The first-order chi connectivity index (χ1) is 3.39. The van der Waals surface area contributed by atoms with Gasteiger partial charge in [0.25, 0.3) is 0 Å². The molecule has 0 radical (unpaired) electrons. The van der Waals surface area contributed by atoms with Crippen molar-refractivity contribution in [3.63, 3.8) is 0 Å². The summed E-state index contributed by atoms with van der Waals surface area (Å²) in [7, 11) is 0. The van der Waals surface area contributed by atoms with E-state index in [0.29, 0.717) is 0 Å². The van der Waals surface area contributed by atoms with Crippen molar-refractivity contribution >= 4 is 17.6 Å². The Morgan fingerprint density at radius 2 is 1.50 bits per heavy atom. The van der Waals surface area contributed by atoms with Crippen molar-refractivity contribution in [2.24, 2.45) is 0 Å². The van der Waals surface area contributed by atoms with Crippen molar-refractivity contribution in [2.75, 3.05) is 0 Å². The van der Waals surface area contributed by atoms with Gasteiger partial charge in [0.05, 0.1) is 0 Å². The van der Waals surface area contributed by atoms with Crippen LogP contribution in [0.15, 0.2) is 30.3 Å². The van der Waals surface area contributed by atoms with Gasteiger partial charge in [-0.1, -0.05) is 30.3 Å². The van der Waals surface area contributed by atoms with Crippen LogP contribution < -0.4 is 5.11 Å². The number of rotatable bonds is 0. The first kappa shape index (κ1) is 7.56. The van der Waals surface area contributed by atoms with Crippen molar-refractivity contribution in [3.05, 3.63) is 30.3 Å². The molecule has 0 saturated heterocycles. The second-order valence-electron chi connectivity index (χ2n) is 1.31. The summed E-state index contributed by atoms with van der Waals surface area (Å²) >= 11 is 0. The molecular weight excluding hydrogens is 161 g/mol. The normalized spacial score (nSPS) is 7.50. The second kappa shape index (κ2) is 3.55. The molecule has 0 aliphatic heterocycles. The van der Waals surface area contributed by atoms with Crippen LogP contribution in [0.5, 0.6) is 5.75 Å². The van der Waals surface area contributed by atoms with E-state index in [4.69, 9.17) is 0 Å². The van der Waals surface area contributed by atoms with Crippen molar-refractivity contribution in [2.45, 2.75) is 0 Å². The van der Waals surface area contributed by atoms with Crippen LogP contribution in [0, 0.1) is 0 Å². The molecule has 0 unspecified atom stereocenters. The molecule has 8 heavy (non-hydrogen) atoms. The molecule has 0 aliphatic rings. The molecular formula is C6H8GeO. The minimum atomic E-state index is 0. The first-order valence-corrected chi connectivity index (χ1v) is 2.11. The Kier molecular flexibility index (Phi) is 3.36. The Balaban J connectivity index is 0.000000490. The SMILES string of the molecule is [GeH3+].[O-]c1ccccc1. The van der Waals surface area contributed by atoms with E-state index in [1.807, 2.05) is 6.07 Å². The van der Waals surface area contributed by atoms with Gasteiger partial charge in [-0.15, -0.1) is 5.75 Å². The Labute approximate surface area is 59.3 Å². The molecule has 1 aromatic rings. The smallest absolute Gasteiger partial charge is 0.0623 e. The van der Waals surface area contributed by atoms with Gasteiger partial charge >= 0.3 is 17.6 Å². The summed E-state index contributed by atoms with van der Waals surface area (Å²) in [6.45, 7) is 0. The van der Waals surface area contributed by atoms with E-state index in [1.165, 1.54) is 12.1 Å². The van der Waals surface area contributed by atoms with Crippen LogP contribution in [-0.4, -0.2) is 17.6 Å². The minimum absolute atomic E-state index is 0. The van der Waals surface area contributed by atoms with Crippen molar-refractivity contribution < 1.29 is 5.11 Å². The van der Waals surface area contributed by atoms with E-state index >= 15 is 0 Å². The molecule has 42 valence electrons. The molecule has 0 N–H and O–H groups in total. The average Bonchev–Trinajstić information content (AvgIpc) is 1.69. The molecule has 0 fully saturated rings. The zero-order chi connectivity index (χ0) is 5.11. The third-order valence-corrected chi connectivity index (χ3v) is 0.743. The van der Waals surface area contributed by atoms with Gasteiger partial charge in [-0.3, -0.25) is 0 Å². The third-order valence-electron chi connectivity index (χ3n) is 0.743. The summed E-state index contributed by atoms with van der Waals surface area (Å²) < 4.78 is 0. The summed E-state index contributed by atoms with van der Waals surface area (Å²) in [4.78, 5) is 0. The molecule has 0 aromatic heterocycles. The fourth-order valence-electron chi connectivity index (χ4n) is 0.420. The topological polar surface area (TPSA) is 23.1 Å². The van der Waals surface area contributed by atoms with Crippen LogP contribution in [-0.2, 0) is 0 Å². The van der Waals surface area contributed by atoms with E-state index in [1.54, 1.807) is 12.1 Å². The standard InChI is InChI=1S/C6H6O.GeH3/c7-6-4-2-1-3-5-6;/h1-5,7H;1H3/q;+1/p-1. The number of para-hydroxylation sites is 1. The molecule has 0 amide bonds. The van der Waals surface area contributed by atoms with Crippen LogP contribution in [0.1, 0.15) is 0 Å². The molecule has 1 nitrogen and oxygen atoms in total. The van der Waals surface area contributed by atoms with Gasteiger partial charge < -0.3 is 5.11 Å². The Morgan fingerprint density at radius 3 is 1.75 bits per heavy atom. The van der Waals surface area contributed by atoms with E-state index in [0.717, 1.165) is 0 Å². The molecule has 0 bridgehead atoms.